The molecule has 3 heterocycles. The quantitative estimate of drug-likeness (QED) is 0.214. The SMILES string of the molecule is c1ccc(-c2nc3ccccn3c2-c2ccc(-c3cc(-c4ccccn4)cc(-c4cccc5ccccc45)c3)cc2)cc1. The Morgan fingerprint density at radius 2 is 1.19 bits per heavy atom. The third-order valence-corrected chi connectivity index (χ3v) is 8.06. The minimum Gasteiger partial charge on any atom is -0.299 e. The van der Waals surface area contributed by atoms with Gasteiger partial charge in [0.1, 0.15) is 5.65 Å². The maximum atomic E-state index is 5.01. The van der Waals surface area contributed by atoms with Crippen molar-refractivity contribution in [2.75, 3.05) is 0 Å². The van der Waals surface area contributed by atoms with Crippen LogP contribution in [0.2, 0.25) is 0 Å². The summed E-state index contributed by atoms with van der Waals surface area (Å²) in [6.45, 7) is 0. The summed E-state index contributed by atoms with van der Waals surface area (Å²) in [6, 6.07) is 53.4. The Kier molecular flexibility index (Phi) is 6.12. The maximum Gasteiger partial charge on any atom is 0.137 e. The van der Waals surface area contributed by atoms with Crippen LogP contribution >= 0.6 is 0 Å². The van der Waals surface area contributed by atoms with Gasteiger partial charge in [0.2, 0.25) is 0 Å². The lowest BCUT2D eigenvalue weighted by Crippen LogP contribution is -1.91. The van der Waals surface area contributed by atoms with Gasteiger partial charge in [0.05, 0.1) is 17.1 Å². The van der Waals surface area contributed by atoms with Gasteiger partial charge in [-0.2, -0.15) is 0 Å². The monoisotopic (exact) mass is 549 g/mol. The van der Waals surface area contributed by atoms with Crippen molar-refractivity contribution in [2.24, 2.45) is 0 Å². The zero-order chi connectivity index (χ0) is 28.6. The van der Waals surface area contributed by atoms with E-state index in [9.17, 15) is 0 Å². The molecule has 5 aromatic carbocycles. The van der Waals surface area contributed by atoms with Gasteiger partial charge in [0, 0.05) is 29.1 Å². The standard InChI is InChI=1S/C40H27N3/c1-2-12-30(13-3-1)39-40(43-24-9-7-18-38(43)42-39)31-21-19-28(20-22-31)32-25-33(27-34(26-32)37-17-6-8-23-41-37)36-16-10-14-29-11-4-5-15-35(29)36/h1-27H. The molecule has 0 bridgehead atoms. The molecule has 0 N–H and O–H groups in total. The smallest absolute Gasteiger partial charge is 0.137 e. The summed E-state index contributed by atoms with van der Waals surface area (Å²) in [4.78, 5) is 9.70. The Hall–Kier alpha value is -5.80. The molecule has 0 aliphatic heterocycles. The number of rotatable bonds is 5. The van der Waals surface area contributed by atoms with Gasteiger partial charge in [-0.3, -0.25) is 9.38 Å². The molecule has 8 aromatic rings. The molecule has 0 spiro atoms. The zero-order valence-electron chi connectivity index (χ0n) is 23.4. The average Bonchev–Trinajstić information content (AvgIpc) is 3.48. The molecule has 0 unspecified atom stereocenters. The first kappa shape index (κ1) is 25.0. The molecule has 3 aromatic heterocycles. The number of benzene rings is 5. The molecule has 0 aliphatic rings. The molecule has 0 saturated carbocycles. The first-order valence-corrected chi connectivity index (χ1v) is 14.5. The van der Waals surface area contributed by atoms with Gasteiger partial charge in [0.15, 0.2) is 0 Å². The molecule has 0 amide bonds. The number of nitrogens with zero attached hydrogens (tertiary/aromatic N) is 3. The molecule has 0 saturated heterocycles. The summed E-state index contributed by atoms with van der Waals surface area (Å²) in [5, 5.41) is 2.47. The molecule has 8 rings (SSSR count). The van der Waals surface area contributed by atoms with E-state index in [4.69, 9.17) is 4.98 Å². The topological polar surface area (TPSA) is 30.2 Å². The highest BCUT2D eigenvalue weighted by Crippen LogP contribution is 2.37. The maximum absolute atomic E-state index is 5.01. The molecule has 202 valence electrons. The number of hydrogen-bond donors (Lipinski definition) is 0. The number of pyridine rings is 2. The fourth-order valence-corrected chi connectivity index (χ4v) is 6.00. The lowest BCUT2D eigenvalue weighted by molar-refractivity contribution is 1.19. The van der Waals surface area contributed by atoms with E-state index in [0.29, 0.717) is 0 Å². The van der Waals surface area contributed by atoms with Crippen LogP contribution in [0, 0.1) is 0 Å². The Bertz CT molecular complexity index is 2210. The van der Waals surface area contributed by atoms with Crippen molar-refractivity contribution in [3.8, 4) is 56.0 Å². The van der Waals surface area contributed by atoms with Crippen LogP contribution in [-0.4, -0.2) is 14.4 Å². The van der Waals surface area contributed by atoms with Crippen LogP contribution in [0.4, 0.5) is 0 Å². The van der Waals surface area contributed by atoms with Crippen molar-refractivity contribution >= 4 is 16.4 Å². The Balaban J connectivity index is 1.28. The lowest BCUT2D eigenvalue weighted by Gasteiger charge is -2.13. The van der Waals surface area contributed by atoms with Gasteiger partial charge in [-0.1, -0.05) is 109 Å². The van der Waals surface area contributed by atoms with E-state index in [1.165, 1.54) is 21.9 Å². The third-order valence-electron chi connectivity index (χ3n) is 8.06. The van der Waals surface area contributed by atoms with Crippen molar-refractivity contribution in [3.05, 3.63) is 164 Å². The molecule has 0 fully saturated rings. The Morgan fingerprint density at radius 1 is 0.465 bits per heavy atom. The highest BCUT2D eigenvalue weighted by Gasteiger charge is 2.16. The van der Waals surface area contributed by atoms with Crippen LogP contribution in [0.15, 0.2) is 164 Å². The van der Waals surface area contributed by atoms with Crippen LogP contribution in [0.5, 0.6) is 0 Å². The van der Waals surface area contributed by atoms with Gasteiger partial charge >= 0.3 is 0 Å². The van der Waals surface area contributed by atoms with Crippen LogP contribution in [0.3, 0.4) is 0 Å². The summed E-state index contributed by atoms with van der Waals surface area (Å²) >= 11 is 0. The molecule has 43 heavy (non-hydrogen) atoms. The van der Waals surface area contributed by atoms with E-state index in [1.54, 1.807) is 0 Å². The molecule has 3 heteroatoms. The average molecular weight is 550 g/mol. The predicted octanol–water partition coefficient (Wildman–Crippen LogP) is 10.2. The summed E-state index contributed by atoms with van der Waals surface area (Å²) in [7, 11) is 0. The largest absolute Gasteiger partial charge is 0.299 e. The first-order chi connectivity index (χ1) is 21.3. The zero-order valence-corrected chi connectivity index (χ0v) is 23.4. The number of fused-ring (bicyclic) bond motifs is 2. The number of aromatic nitrogens is 3. The summed E-state index contributed by atoms with van der Waals surface area (Å²) < 4.78 is 2.18. The molecular formula is C40H27N3. The number of imidazole rings is 1. The normalized spacial score (nSPS) is 11.3. The number of hydrogen-bond acceptors (Lipinski definition) is 2. The highest BCUT2D eigenvalue weighted by atomic mass is 15.0. The summed E-state index contributed by atoms with van der Waals surface area (Å²) in [5.74, 6) is 0. The van der Waals surface area contributed by atoms with E-state index in [-0.39, 0.29) is 0 Å². The highest BCUT2D eigenvalue weighted by molar-refractivity contribution is 5.98. The molecule has 0 atom stereocenters. The fraction of sp³-hybridized carbons (Fsp3) is 0. The third kappa shape index (κ3) is 4.58. The second-order valence-corrected chi connectivity index (χ2v) is 10.7. The van der Waals surface area contributed by atoms with Crippen LogP contribution in [0.1, 0.15) is 0 Å². The second-order valence-electron chi connectivity index (χ2n) is 10.7. The van der Waals surface area contributed by atoms with Crippen molar-refractivity contribution < 1.29 is 0 Å². The van der Waals surface area contributed by atoms with Gasteiger partial charge in [-0.15, -0.1) is 0 Å². The Labute approximate surface area is 250 Å². The minimum atomic E-state index is 0.934. The minimum absolute atomic E-state index is 0.934. The van der Waals surface area contributed by atoms with Crippen LogP contribution in [0.25, 0.3) is 72.4 Å². The van der Waals surface area contributed by atoms with E-state index in [1.807, 2.05) is 30.5 Å². The molecule has 0 aliphatic carbocycles. The van der Waals surface area contributed by atoms with E-state index < -0.39 is 0 Å². The van der Waals surface area contributed by atoms with Gasteiger partial charge in [-0.25, -0.2) is 4.98 Å². The van der Waals surface area contributed by atoms with Crippen molar-refractivity contribution in [2.45, 2.75) is 0 Å². The lowest BCUT2D eigenvalue weighted by atomic mass is 9.92. The molecule has 3 nitrogen and oxygen atoms in total. The molecule has 0 radical (unpaired) electrons. The van der Waals surface area contributed by atoms with Gasteiger partial charge in [-0.05, 0) is 75.5 Å². The predicted molar refractivity (Wildman–Crippen MR) is 178 cm³/mol. The Morgan fingerprint density at radius 3 is 2.05 bits per heavy atom. The summed E-state index contributed by atoms with van der Waals surface area (Å²) in [6.07, 6.45) is 3.94. The second kappa shape index (κ2) is 10.6. The van der Waals surface area contributed by atoms with Gasteiger partial charge in [0.25, 0.3) is 0 Å². The van der Waals surface area contributed by atoms with Crippen molar-refractivity contribution in [3.63, 3.8) is 0 Å². The fourth-order valence-electron chi connectivity index (χ4n) is 6.00. The van der Waals surface area contributed by atoms with E-state index >= 15 is 0 Å². The first-order valence-electron chi connectivity index (χ1n) is 14.5. The van der Waals surface area contributed by atoms with Crippen LogP contribution < -0.4 is 0 Å². The molecular weight excluding hydrogens is 522 g/mol. The van der Waals surface area contributed by atoms with Crippen LogP contribution in [-0.2, 0) is 0 Å². The van der Waals surface area contributed by atoms with E-state index in [0.717, 1.165) is 50.5 Å². The van der Waals surface area contributed by atoms with Crippen molar-refractivity contribution in [1.82, 2.24) is 14.4 Å². The van der Waals surface area contributed by atoms with Crippen molar-refractivity contribution in [1.29, 1.82) is 0 Å². The van der Waals surface area contributed by atoms with E-state index in [2.05, 4.69) is 143 Å². The summed E-state index contributed by atoms with van der Waals surface area (Å²) in [5.41, 5.74) is 12.0. The van der Waals surface area contributed by atoms with Gasteiger partial charge < -0.3 is 0 Å².